The molecule has 7 nitrogen and oxygen atoms in total. The van der Waals surface area contributed by atoms with Crippen molar-refractivity contribution in [2.75, 3.05) is 11.1 Å². The number of fused-ring (bicyclic) bond motifs is 1. The Bertz CT molecular complexity index is 877. The van der Waals surface area contributed by atoms with E-state index in [0.717, 1.165) is 4.57 Å². The van der Waals surface area contributed by atoms with E-state index in [1.165, 1.54) is 29.6 Å². The van der Waals surface area contributed by atoms with Crippen LogP contribution in [0.3, 0.4) is 0 Å². The second-order valence-corrected chi connectivity index (χ2v) is 8.05. The molecule has 0 unspecified atom stereocenters. The summed E-state index contributed by atoms with van der Waals surface area (Å²) in [6, 6.07) is 1.55. The normalized spacial score (nSPS) is 11.7. The van der Waals surface area contributed by atoms with E-state index in [9.17, 15) is 14.4 Å². The Morgan fingerprint density at radius 3 is 2.52 bits per heavy atom. The van der Waals surface area contributed by atoms with Gasteiger partial charge in [-0.2, -0.15) is 0 Å². The van der Waals surface area contributed by atoms with Gasteiger partial charge in [0.15, 0.2) is 0 Å². The van der Waals surface area contributed by atoms with Crippen molar-refractivity contribution in [3.05, 3.63) is 33.1 Å². The van der Waals surface area contributed by atoms with Crippen LogP contribution in [0.2, 0.25) is 0 Å². The number of hydrogen-bond acceptors (Lipinski definition) is 5. The van der Waals surface area contributed by atoms with E-state index in [2.05, 4.69) is 10.3 Å². The Hall–Kier alpha value is -2.09. The fourth-order valence-electron chi connectivity index (χ4n) is 2.01. The number of pyridine rings is 1. The monoisotopic (exact) mass is 336 g/mol. The standard InChI is InChI=1S/C15H20N4O3S/c1-15(2,3)23-8-11(20)17-9-6-10-12(16-7-9)18(4)14(22)19(5)13(10)21/h6-7H,8H2,1-5H3,(H,17,20). The van der Waals surface area contributed by atoms with Crippen molar-refractivity contribution in [3.8, 4) is 0 Å². The number of nitrogens with one attached hydrogen (secondary N) is 1. The summed E-state index contributed by atoms with van der Waals surface area (Å²) in [7, 11) is 2.96. The summed E-state index contributed by atoms with van der Waals surface area (Å²) in [5.41, 5.74) is -0.142. The first-order valence-electron chi connectivity index (χ1n) is 7.10. The largest absolute Gasteiger partial charge is 0.332 e. The molecule has 1 amide bonds. The lowest BCUT2D eigenvalue weighted by molar-refractivity contribution is -0.113. The van der Waals surface area contributed by atoms with Gasteiger partial charge in [0.05, 0.1) is 23.0 Å². The summed E-state index contributed by atoms with van der Waals surface area (Å²) in [5, 5.41) is 3.02. The Balaban J connectivity index is 2.33. The molecule has 2 aromatic rings. The predicted molar refractivity (Wildman–Crippen MR) is 93.1 cm³/mol. The summed E-state index contributed by atoms with van der Waals surface area (Å²) in [6.45, 7) is 6.10. The second kappa shape index (κ2) is 6.19. The van der Waals surface area contributed by atoms with Crippen molar-refractivity contribution in [1.82, 2.24) is 14.1 Å². The van der Waals surface area contributed by atoms with Crippen LogP contribution in [0, 0.1) is 0 Å². The highest BCUT2D eigenvalue weighted by Gasteiger charge is 2.15. The van der Waals surface area contributed by atoms with Crippen LogP contribution in [0.4, 0.5) is 5.69 Å². The zero-order valence-corrected chi connectivity index (χ0v) is 14.7. The minimum Gasteiger partial charge on any atom is -0.324 e. The Morgan fingerprint density at radius 1 is 1.26 bits per heavy atom. The highest BCUT2D eigenvalue weighted by Crippen LogP contribution is 2.23. The zero-order chi connectivity index (χ0) is 17.4. The summed E-state index contributed by atoms with van der Waals surface area (Å²) in [6.07, 6.45) is 1.45. The molecule has 0 saturated carbocycles. The molecule has 1 N–H and O–H groups in total. The molecule has 2 aromatic heterocycles. The zero-order valence-electron chi connectivity index (χ0n) is 13.8. The Kier molecular flexibility index (Phi) is 4.65. The molecule has 2 rings (SSSR count). The molecule has 0 atom stereocenters. The van der Waals surface area contributed by atoms with Gasteiger partial charge in [-0.05, 0) is 6.07 Å². The number of carbonyl (C=O) groups is 1. The highest BCUT2D eigenvalue weighted by molar-refractivity contribution is 8.01. The molecule has 23 heavy (non-hydrogen) atoms. The summed E-state index contributed by atoms with van der Waals surface area (Å²) >= 11 is 1.53. The SMILES string of the molecule is Cn1c(=O)c2cc(NC(=O)CSC(C)(C)C)cnc2n(C)c1=O. The van der Waals surface area contributed by atoms with Crippen molar-refractivity contribution < 1.29 is 4.79 Å². The summed E-state index contributed by atoms with van der Waals surface area (Å²) in [5.74, 6) is 0.153. The predicted octanol–water partition coefficient (Wildman–Crippen LogP) is 1.10. The molecule has 124 valence electrons. The van der Waals surface area contributed by atoms with E-state index in [-0.39, 0.29) is 16.0 Å². The van der Waals surface area contributed by atoms with Crippen LogP contribution in [0.25, 0.3) is 11.0 Å². The number of amides is 1. The van der Waals surface area contributed by atoms with Gasteiger partial charge in [0.2, 0.25) is 5.91 Å². The molecule has 0 radical (unpaired) electrons. The van der Waals surface area contributed by atoms with Crippen molar-refractivity contribution >= 4 is 34.4 Å². The van der Waals surface area contributed by atoms with Gasteiger partial charge in [0, 0.05) is 18.8 Å². The lowest BCUT2D eigenvalue weighted by atomic mass is 10.3. The first-order valence-corrected chi connectivity index (χ1v) is 8.08. The third kappa shape index (κ3) is 3.82. The maximum Gasteiger partial charge on any atom is 0.332 e. The van der Waals surface area contributed by atoms with Gasteiger partial charge < -0.3 is 5.32 Å². The van der Waals surface area contributed by atoms with Gasteiger partial charge in [0.25, 0.3) is 5.56 Å². The van der Waals surface area contributed by atoms with Crippen LogP contribution >= 0.6 is 11.8 Å². The Morgan fingerprint density at radius 2 is 1.91 bits per heavy atom. The quantitative estimate of drug-likeness (QED) is 0.907. The molecule has 0 aliphatic rings. The molecule has 0 spiro atoms. The van der Waals surface area contributed by atoms with Gasteiger partial charge in [-0.1, -0.05) is 20.8 Å². The fraction of sp³-hybridized carbons (Fsp3) is 0.467. The minimum absolute atomic E-state index is 0.00675. The smallest absolute Gasteiger partial charge is 0.324 e. The van der Waals surface area contributed by atoms with Crippen LogP contribution in [0.15, 0.2) is 21.9 Å². The van der Waals surface area contributed by atoms with Crippen LogP contribution < -0.4 is 16.6 Å². The molecule has 0 fully saturated rings. The third-order valence-electron chi connectivity index (χ3n) is 3.21. The number of nitrogens with zero attached hydrogens (tertiary/aromatic N) is 3. The number of aromatic nitrogens is 3. The van der Waals surface area contributed by atoms with E-state index in [1.807, 2.05) is 20.8 Å². The Labute approximate surface area is 137 Å². The lowest BCUT2D eigenvalue weighted by Gasteiger charge is -2.17. The van der Waals surface area contributed by atoms with Gasteiger partial charge >= 0.3 is 5.69 Å². The van der Waals surface area contributed by atoms with Crippen molar-refractivity contribution in [3.63, 3.8) is 0 Å². The fourth-order valence-corrected chi connectivity index (χ4v) is 2.65. The summed E-state index contributed by atoms with van der Waals surface area (Å²) in [4.78, 5) is 40.2. The average Bonchev–Trinajstić information content (AvgIpc) is 2.48. The maximum absolute atomic E-state index is 12.2. The van der Waals surface area contributed by atoms with E-state index in [0.29, 0.717) is 17.1 Å². The second-order valence-electron chi connectivity index (χ2n) is 6.25. The molecular formula is C15H20N4O3S. The van der Waals surface area contributed by atoms with Crippen LogP contribution in [-0.4, -0.2) is 30.5 Å². The highest BCUT2D eigenvalue weighted by atomic mass is 32.2. The lowest BCUT2D eigenvalue weighted by Crippen LogP contribution is -2.37. The number of hydrogen-bond donors (Lipinski definition) is 1. The van der Waals surface area contributed by atoms with Crippen LogP contribution in [0.5, 0.6) is 0 Å². The number of thioether (sulfide) groups is 1. The van der Waals surface area contributed by atoms with Crippen molar-refractivity contribution in [2.45, 2.75) is 25.5 Å². The maximum atomic E-state index is 12.2. The number of rotatable bonds is 3. The molecule has 2 heterocycles. The molecule has 0 saturated heterocycles. The van der Waals surface area contributed by atoms with Crippen LogP contribution in [0.1, 0.15) is 20.8 Å². The van der Waals surface area contributed by atoms with Crippen molar-refractivity contribution in [2.24, 2.45) is 14.1 Å². The molecular weight excluding hydrogens is 316 g/mol. The molecule has 8 heteroatoms. The number of anilines is 1. The van der Waals surface area contributed by atoms with Crippen molar-refractivity contribution in [1.29, 1.82) is 0 Å². The van der Waals surface area contributed by atoms with E-state index < -0.39 is 11.2 Å². The van der Waals surface area contributed by atoms with Gasteiger partial charge in [-0.3, -0.25) is 18.7 Å². The minimum atomic E-state index is -0.437. The molecule has 0 aliphatic carbocycles. The van der Waals surface area contributed by atoms with Gasteiger partial charge in [-0.25, -0.2) is 9.78 Å². The van der Waals surface area contributed by atoms with E-state index in [1.54, 1.807) is 13.1 Å². The average molecular weight is 336 g/mol. The van der Waals surface area contributed by atoms with Gasteiger partial charge in [0.1, 0.15) is 5.65 Å². The van der Waals surface area contributed by atoms with Crippen LogP contribution in [-0.2, 0) is 18.9 Å². The molecule has 0 bridgehead atoms. The summed E-state index contributed by atoms with van der Waals surface area (Å²) < 4.78 is 2.32. The topological polar surface area (TPSA) is 86.0 Å². The molecule has 0 aromatic carbocycles. The number of aryl methyl sites for hydroxylation is 1. The first-order chi connectivity index (χ1) is 10.6. The van der Waals surface area contributed by atoms with E-state index >= 15 is 0 Å². The van der Waals surface area contributed by atoms with Gasteiger partial charge in [-0.15, -0.1) is 11.8 Å². The number of carbonyl (C=O) groups excluding carboxylic acids is 1. The first kappa shape index (κ1) is 17.3. The van der Waals surface area contributed by atoms with E-state index in [4.69, 9.17) is 0 Å². The molecule has 0 aliphatic heterocycles. The third-order valence-corrected chi connectivity index (χ3v) is 4.49.